The van der Waals surface area contributed by atoms with E-state index in [9.17, 15) is 0 Å². The lowest BCUT2D eigenvalue weighted by atomic mass is 10.2. The van der Waals surface area contributed by atoms with Crippen LogP contribution in [-0.4, -0.2) is 42.6 Å². The van der Waals surface area contributed by atoms with E-state index in [4.69, 9.17) is 4.74 Å². The van der Waals surface area contributed by atoms with Crippen molar-refractivity contribution in [1.29, 1.82) is 0 Å². The molecule has 0 amide bonds. The van der Waals surface area contributed by atoms with Crippen LogP contribution in [0.2, 0.25) is 0 Å². The van der Waals surface area contributed by atoms with Crippen molar-refractivity contribution in [2.45, 2.75) is 58.1 Å². The van der Waals surface area contributed by atoms with Crippen molar-refractivity contribution in [1.82, 2.24) is 15.2 Å². The quantitative estimate of drug-likeness (QED) is 0.393. The van der Waals surface area contributed by atoms with Gasteiger partial charge in [0.05, 0.1) is 0 Å². The summed E-state index contributed by atoms with van der Waals surface area (Å²) in [4.78, 5) is 10.9. The molecular weight excluding hydrogens is 415 g/mol. The minimum absolute atomic E-state index is 0. The van der Waals surface area contributed by atoms with Crippen LogP contribution in [0.15, 0.2) is 23.3 Å². The molecule has 0 aliphatic heterocycles. The molecule has 5 nitrogen and oxygen atoms in total. The minimum Gasteiger partial charge on any atom is -0.474 e. The Kier molecular flexibility index (Phi) is 10.1. The van der Waals surface area contributed by atoms with Crippen molar-refractivity contribution in [3.8, 4) is 5.88 Å². The van der Waals surface area contributed by atoms with E-state index in [1.54, 1.807) is 6.20 Å². The topological polar surface area (TPSA) is 49.8 Å². The van der Waals surface area contributed by atoms with E-state index in [0.717, 1.165) is 36.8 Å². The van der Waals surface area contributed by atoms with Crippen molar-refractivity contribution >= 4 is 29.9 Å². The zero-order valence-corrected chi connectivity index (χ0v) is 17.5. The van der Waals surface area contributed by atoms with Gasteiger partial charge < -0.3 is 15.0 Å². The summed E-state index contributed by atoms with van der Waals surface area (Å²) < 4.78 is 6.09. The molecule has 1 saturated carbocycles. The predicted molar refractivity (Wildman–Crippen MR) is 110 cm³/mol. The van der Waals surface area contributed by atoms with Crippen molar-refractivity contribution in [3.63, 3.8) is 0 Å². The van der Waals surface area contributed by atoms with E-state index in [1.165, 1.54) is 25.7 Å². The zero-order chi connectivity index (χ0) is 16.5. The summed E-state index contributed by atoms with van der Waals surface area (Å²) in [5.41, 5.74) is 1.09. The molecule has 1 aromatic rings. The Labute approximate surface area is 163 Å². The summed E-state index contributed by atoms with van der Waals surface area (Å²) in [5.74, 6) is 1.67. The zero-order valence-electron chi connectivity index (χ0n) is 15.1. The number of hydrogen-bond donors (Lipinski definition) is 1. The summed E-state index contributed by atoms with van der Waals surface area (Å²) in [6.45, 7) is 3.89. The Bertz CT molecular complexity index is 504. The number of aromatic nitrogens is 1. The molecule has 0 bridgehead atoms. The first-order chi connectivity index (χ1) is 11.2. The van der Waals surface area contributed by atoms with Crippen molar-refractivity contribution in [2.24, 2.45) is 4.99 Å². The van der Waals surface area contributed by atoms with Gasteiger partial charge in [-0.1, -0.05) is 19.4 Å². The van der Waals surface area contributed by atoms with E-state index in [-0.39, 0.29) is 24.0 Å². The number of hydrogen-bond acceptors (Lipinski definition) is 3. The molecule has 2 rings (SSSR count). The molecule has 1 aromatic heterocycles. The molecule has 0 radical (unpaired) electrons. The lowest BCUT2D eigenvalue weighted by Crippen LogP contribution is -2.39. The second kappa shape index (κ2) is 11.5. The number of unbranched alkanes of at least 4 members (excludes halogenated alkanes) is 1. The van der Waals surface area contributed by atoms with Crippen molar-refractivity contribution in [3.05, 3.63) is 23.9 Å². The first-order valence-corrected chi connectivity index (χ1v) is 8.77. The highest BCUT2D eigenvalue weighted by Gasteiger charge is 2.18. The van der Waals surface area contributed by atoms with Crippen molar-refractivity contribution in [2.75, 3.05) is 20.6 Å². The second-order valence-electron chi connectivity index (χ2n) is 6.17. The van der Waals surface area contributed by atoms with Crippen LogP contribution in [0.1, 0.15) is 51.0 Å². The average molecular weight is 446 g/mol. The van der Waals surface area contributed by atoms with Crippen LogP contribution in [-0.2, 0) is 6.54 Å². The van der Waals surface area contributed by atoms with Gasteiger partial charge in [-0.25, -0.2) is 4.98 Å². The summed E-state index contributed by atoms with van der Waals surface area (Å²) in [7, 11) is 3.90. The first-order valence-electron chi connectivity index (χ1n) is 8.77. The van der Waals surface area contributed by atoms with Gasteiger partial charge in [0.1, 0.15) is 6.10 Å². The minimum atomic E-state index is 0. The maximum Gasteiger partial charge on any atom is 0.218 e. The molecular formula is C18H31IN4O. The van der Waals surface area contributed by atoms with E-state index in [1.807, 2.05) is 13.1 Å². The lowest BCUT2D eigenvalue weighted by molar-refractivity contribution is 0.199. The fraction of sp³-hybridized carbons (Fsp3) is 0.667. The van der Waals surface area contributed by atoms with E-state index in [0.29, 0.717) is 12.6 Å². The molecule has 1 fully saturated rings. The van der Waals surface area contributed by atoms with Gasteiger partial charge in [-0.05, 0) is 38.2 Å². The Hall–Kier alpha value is -1.05. The van der Waals surface area contributed by atoms with Crippen LogP contribution in [0.4, 0.5) is 0 Å². The molecule has 0 aromatic carbocycles. The number of pyridine rings is 1. The number of aliphatic imine (C=N–C) groups is 1. The van der Waals surface area contributed by atoms with Crippen LogP contribution < -0.4 is 10.1 Å². The number of halogens is 1. The SMILES string of the molecule is CCCCN(C)C(=NC)NCc1cccnc1OC1CCCC1.I. The van der Waals surface area contributed by atoms with Gasteiger partial charge in [-0.2, -0.15) is 0 Å². The highest BCUT2D eigenvalue weighted by molar-refractivity contribution is 14.0. The fourth-order valence-electron chi connectivity index (χ4n) is 2.89. The number of nitrogens with zero attached hydrogens (tertiary/aromatic N) is 3. The van der Waals surface area contributed by atoms with E-state index < -0.39 is 0 Å². The van der Waals surface area contributed by atoms with E-state index >= 15 is 0 Å². The molecule has 0 atom stereocenters. The molecule has 1 aliphatic rings. The summed E-state index contributed by atoms with van der Waals surface area (Å²) in [6.07, 6.45) is 9.30. The van der Waals surface area contributed by atoms with Gasteiger partial charge in [-0.3, -0.25) is 4.99 Å². The Morgan fingerprint density at radius 3 is 2.83 bits per heavy atom. The third kappa shape index (κ3) is 6.45. The van der Waals surface area contributed by atoms with Crippen LogP contribution in [0.25, 0.3) is 0 Å². The number of ether oxygens (including phenoxy) is 1. The van der Waals surface area contributed by atoms with Crippen LogP contribution in [0.3, 0.4) is 0 Å². The third-order valence-electron chi connectivity index (χ3n) is 4.29. The maximum atomic E-state index is 6.09. The highest BCUT2D eigenvalue weighted by Crippen LogP contribution is 2.24. The second-order valence-corrected chi connectivity index (χ2v) is 6.17. The van der Waals surface area contributed by atoms with Gasteiger partial charge in [0, 0.05) is 38.9 Å². The number of nitrogens with one attached hydrogen (secondary N) is 1. The summed E-state index contributed by atoms with van der Waals surface area (Å²) in [5, 5.41) is 3.42. The van der Waals surface area contributed by atoms with Gasteiger partial charge in [0.2, 0.25) is 5.88 Å². The molecule has 24 heavy (non-hydrogen) atoms. The molecule has 0 saturated heterocycles. The summed E-state index contributed by atoms with van der Waals surface area (Å²) >= 11 is 0. The Morgan fingerprint density at radius 1 is 1.42 bits per heavy atom. The first kappa shape index (κ1) is 21.0. The maximum absolute atomic E-state index is 6.09. The fourth-order valence-corrected chi connectivity index (χ4v) is 2.89. The Morgan fingerprint density at radius 2 is 2.17 bits per heavy atom. The van der Waals surface area contributed by atoms with Crippen LogP contribution in [0.5, 0.6) is 5.88 Å². The molecule has 1 N–H and O–H groups in total. The summed E-state index contributed by atoms with van der Waals surface area (Å²) in [6, 6.07) is 4.03. The molecule has 1 aliphatic carbocycles. The van der Waals surface area contributed by atoms with Gasteiger partial charge >= 0.3 is 0 Å². The standard InChI is InChI=1S/C18H30N4O.HI/c1-4-5-13-22(3)18(19-2)21-14-15-9-8-12-20-17(15)23-16-10-6-7-11-16;/h8-9,12,16H,4-7,10-11,13-14H2,1-3H3,(H,19,21);1H. The largest absolute Gasteiger partial charge is 0.474 e. The molecule has 6 heteroatoms. The van der Waals surface area contributed by atoms with Crippen LogP contribution >= 0.6 is 24.0 Å². The Balaban J connectivity index is 0.00000288. The smallest absolute Gasteiger partial charge is 0.218 e. The van der Waals surface area contributed by atoms with Crippen molar-refractivity contribution < 1.29 is 4.74 Å². The van der Waals surface area contributed by atoms with E-state index in [2.05, 4.69) is 40.2 Å². The number of guanidine groups is 1. The molecule has 0 spiro atoms. The van der Waals surface area contributed by atoms with Gasteiger partial charge in [-0.15, -0.1) is 24.0 Å². The van der Waals surface area contributed by atoms with Gasteiger partial charge in [0.25, 0.3) is 0 Å². The third-order valence-corrected chi connectivity index (χ3v) is 4.29. The highest BCUT2D eigenvalue weighted by atomic mass is 127. The molecule has 1 heterocycles. The predicted octanol–water partition coefficient (Wildman–Crippen LogP) is 3.83. The number of rotatable bonds is 7. The normalized spacial score (nSPS) is 15.0. The van der Waals surface area contributed by atoms with Gasteiger partial charge in [0.15, 0.2) is 5.96 Å². The monoisotopic (exact) mass is 446 g/mol. The molecule has 0 unspecified atom stereocenters. The lowest BCUT2D eigenvalue weighted by Gasteiger charge is -2.22. The average Bonchev–Trinajstić information content (AvgIpc) is 3.08. The van der Waals surface area contributed by atoms with Crippen LogP contribution in [0, 0.1) is 0 Å². The molecule has 136 valence electrons.